The van der Waals surface area contributed by atoms with Crippen LogP contribution in [0.1, 0.15) is 42.1 Å². The van der Waals surface area contributed by atoms with Gasteiger partial charge in [0, 0.05) is 18.7 Å². The Morgan fingerprint density at radius 3 is 2.82 bits per heavy atom. The zero-order valence-corrected chi connectivity index (χ0v) is 16.0. The predicted molar refractivity (Wildman–Crippen MR) is 109 cm³/mol. The number of anilines is 2. The van der Waals surface area contributed by atoms with Crippen LogP contribution >= 0.6 is 0 Å². The van der Waals surface area contributed by atoms with Crippen LogP contribution in [0.3, 0.4) is 0 Å². The molecule has 2 heterocycles. The Labute approximate surface area is 164 Å². The summed E-state index contributed by atoms with van der Waals surface area (Å²) in [5.41, 5.74) is 3.27. The number of benzene rings is 2. The Hall–Kier alpha value is -3.02. The quantitative estimate of drug-likeness (QED) is 0.836. The van der Waals surface area contributed by atoms with E-state index in [0.29, 0.717) is 18.7 Å². The fourth-order valence-corrected chi connectivity index (χ4v) is 3.89. The molecular formula is C22H25N3O3. The van der Waals surface area contributed by atoms with Crippen LogP contribution in [0.5, 0.6) is 5.75 Å². The van der Waals surface area contributed by atoms with Crippen molar-refractivity contribution in [1.82, 2.24) is 5.32 Å². The van der Waals surface area contributed by atoms with Gasteiger partial charge in [-0.15, -0.1) is 0 Å². The molecule has 2 aliphatic rings. The topological polar surface area (TPSA) is 70.7 Å². The summed E-state index contributed by atoms with van der Waals surface area (Å²) in [6.07, 6.45) is 3.05. The molecule has 0 bridgehead atoms. The molecule has 1 atom stereocenters. The highest BCUT2D eigenvalue weighted by molar-refractivity contribution is 6.05. The zero-order valence-electron chi connectivity index (χ0n) is 16.0. The minimum atomic E-state index is -0.160. The number of ether oxygens (including phenoxy) is 1. The maximum atomic E-state index is 12.6. The molecule has 1 saturated heterocycles. The average molecular weight is 379 g/mol. The molecule has 0 radical (unpaired) electrons. The van der Waals surface area contributed by atoms with Gasteiger partial charge in [0.1, 0.15) is 11.8 Å². The summed E-state index contributed by atoms with van der Waals surface area (Å²) in [4.78, 5) is 27.1. The molecule has 28 heavy (non-hydrogen) atoms. The van der Waals surface area contributed by atoms with Gasteiger partial charge in [-0.3, -0.25) is 9.59 Å². The second-order valence-electron chi connectivity index (χ2n) is 7.19. The standard InChI is InChI=1S/C22H25N3O3/c1-2-28-17-9-6-15(7-10-17)14-23-21(26)16-8-11-19-18(13-16)24-22(27)20-5-3-4-12-25(19)20/h6-11,13,20H,2-5,12,14H2,1H3,(H,23,26)(H,24,27)/t20-/m0/s1. The van der Waals surface area contributed by atoms with Gasteiger partial charge in [-0.25, -0.2) is 0 Å². The summed E-state index contributed by atoms with van der Waals surface area (Å²) >= 11 is 0. The van der Waals surface area contributed by atoms with E-state index in [9.17, 15) is 9.59 Å². The number of rotatable bonds is 5. The van der Waals surface area contributed by atoms with E-state index in [2.05, 4.69) is 15.5 Å². The summed E-state index contributed by atoms with van der Waals surface area (Å²) in [6, 6.07) is 13.1. The molecule has 2 aromatic carbocycles. The SMILES string of the molecule is CCOc1ccc(CNC(=O)c2ccc3c(c2)NC(=O)[C@@H]2CCCCN32)cc1. The molecule has 0 spiro atoms. The van der Waals surface area contributed by atoms with E-state index >= 15 is 0 Å². The van der Waals surface area contributed by atoms with Crippen molar-refractivity contribution >= 4 is 23.2 Å². The Morgan fingerprint density at radius 2 is 2.04 bits per heavy atom. The molecule has 0 saturated carbocycles. The van der Waals surface area contributed by atoms with Crippen LogP contribution in [0.15, 0.2) is 42.5 Å². The fourth-order valence-electron chi connectivity index (χ4n) is 3.89. The first-order valence-corrected chi connectivity index (χ1v) is 9.87. The highest BCUT2D eigenvalue weighted by Gasteiger charge is 2.34. The Bertz CT molecular complexity index is 879. The van der Waals surface area contributed by atoms with Gasteiger partial charge in [-0.1, -0.05) is 12.1 Å². The lowest BCUT2D eigenvalue weighted by Crippen LogP contribution is -2.50. The molecule has 2 aromatic rings. The minimum Gasteiger partial charge on any atom is -0.494 e. The minimum absolute atomic E-state index is 0.0270. The number of nitrogens with zero attached hydrogens (tertiary/aromatic N) is 1. The molecule has 0 aromatic heterocycles. The van der Waals surface area contributed by atoms with Crippen molar-refractivity contribution < 1.29 is 14.3 Å². The number of nitrogens with one attached hydrogen (secondary N) is 2. The highest BCUT2D eigenvalue weighted by atomic mass is 16.5. The summed E-state index contributed by atoms with van der Waals surface area (Å²) < 4.78 is 5.43. The van der Waals surface area contributed by atoms with Gasteiger partial charge in [0.15, 0.2) is 0 Å². The van der Waals surface area contributed by atoms with E-state index in [-0.39, 0.29) is 17.9 Å². The normalized spacial score (nSPS) is 18.0. The van der Waals surface area contributed by atoms with E-state index in [1.807, 2.05) is 43.3 Å². The second kappa shape index (κ2) is 7.92. The van der Waals surface area contributed by atoms with Crippen molar-refractivity contribution in [3.8, 4) is 5.75 Å². The van der Waals surface area contributed by atoms with Crippen molar-refractivity contribution in [3.05, 3.63) is 53.6 Å². The van der Waals surface area contributed by atoms with Crippen LogP contribution in [0.4, 0.5) is 11.4 Å². The number of fused-ring (bicyclic) bond motifs is 3. The smallest absolute Gasteiger partial charge is 0.251 e. The van der Waals surface area contributed by atoms with Crippen LogP contribution in [-0.4, -0.2) is 31.0 Å². The molecule has 0 aliphatic carbocycles. The summed E-state index contributed by atoms with van der Waals surface area (Å²) in [7, 11) is 0. The fraction of sp³-hybridized carbons (Fsp3) is 0.364. The number of hydrogen-bond donors (Lipinski definition) is 2. The van der Waals surface area contributed by atoms with Gasteiger partial charge in [0.25, 0.3) is 5.91 Å². The number of piperidine rings is 1. The van der Waals surface area contributed by atoms with Gasteiger partial charge in [-0.2, -0.15) is 0 Å². The van der Waals surface area contributed by atoms with Crippen molar-refractivity contribution in [3.63, 3.8) is 0 Å². The number of carbonyl (C=O) groups excluding carboxylic acids is 2. The first kappa shape index (κ1) is 18.3. The summed E-state index contributed by atoms with van der Waals surface area (Å²) in [6.45, 7) is 3.89. The summed E-state index contributed by atoms with van der Waals surface area (Å²) in [5, 5.41) is 5.91. The lowest BCUT2D eigenvalue weighted by Gasteiger charge is -2.41. The Balaban J connectivity index is 1.44. The van der Waals surface area contributed by atoms with Gasteiger partial charge in [0.05, 0.1) is 18.0 Å². The molecule has 2 amide bonds. The predicted octanol–water partition coefficient (Wildman–Crippen LogP) is 3.33. The van der Waals surface area contributed by atoms with Gasteiger partial charge < -0.3 is 20.3 Å². The monoisotopic (exact) mass is 379 g/mol. The third kappa shape index (κ3) is 3.67. The van der Waals surface area contributed by atoms with Crippen molar-refractivity contribution in [1.29, 1.82) is 0 Å². The van der Waals surface area contributed by atoms with Crippen molar-refractivity contribution in [2.45, 2.75) is 38.8 Å². The van der Waals surface area contributed by atoms with Crippen LogP contribution in [-0.2, 0) is 11.3 Å². The van der Waals surface area contributed by atoms with E-state index in [4.69, 9.17) is 4.74 Å². The van der Waals surface area contributed by atoms with Gasteiger partial charge in [-0.05, 0) is 62.1 Å². The Morgan fingerprint density at radius 1 is 1.21 bits per heavy atom. The van der Waals surface area contributed by atoms with E-state index < -0.39 is 0 Å². The molecule has 6 nitrogen and oxygen atoms in total. The molecule has 4 rings (SSSR count). The maximum Gasteiger partial charge on any atom is 0.251 e. The van der Waals surface area contributed by atoms with Crippen LogP contribution in [0.25, 0.3) is 0 Å². The van der Waals surface area contributed by atoms with Crippen molar-refractivity contribution in [2.75, 3.05) is 23.4 Å². The molecule has 6 heteroatoms. The van der Waals surface area contributed by atoms with E-state index in [1.54, 1.807) is 6.07 Å². The highest BCUT2D eigenvalue weighted by Crippen LogP contribution is 2.36. The van der Waals surface area contributed by atoms with Crippen LogP contribution in [0.2, 0.25) is 0 Å². The first-order valence-electron chi connectivity index (χ1n) is 9.87. The third-order valence-corrected chi connectivity index (χ3v) is 5.32. The summed E-state index contributed by atoms with van der Waals surface area (Å²) in [5.74, 6) is 0.685. The van der Waals surface area contributed by atoms with Crippen molar-refractivity contribution in [2.24, 2.45) is 0 Å². The van der Waals surface area contributed by atoms with Crippen LogP contribution in [0, 0.1) is 0 Å². The number of amides is 2. The first-order chi connectivity index (χ1) is 13.7. The third-order valence-electron chi connectivity index (χ3n) is 5.32. The Kier molecular flexibility index (Phi) is 5.19. The molecule has 2 aliphatic heterocycles. The average Bonchev–Trinajstić information content (AvgIpc) is 2.73. The maximum absolute atomic E-state index is 12.6. The molecule has 1 fully saturated rings. The molecule has 0 unspecified atom stereocenters. The van der Waals surface area contributed by atoms with Crippen LogP contribution < -0.4 is 20.3 Å². The van der Waals surface area contributed by atoms with Gasteiger partial charge >= 0.3 is 0 Å². The largest absolute Gasteiger partial charge is 0.494 e. The van der Waals surface area contributed by atoms with E-state index in [0.717, 1.165) is 48.5 Å². The lowest BCUT2D eigenvalue weighted by molar-refractivity contribution is -0.118. The van der Waals surface area contributed by atoms with Gasteiger partial charge in [0.2, 0.25) is 5.91 Å². The molecule has 146 valence electrons. The molecular weight excluding hydrogens is 354 g/mol. The number of carbonyl (C=O) groups is 2. The molecule has 2 N–H and O–H groups in total. The zero-order chi connectivity index (χ0) is 19.5. The lowest BCUT2D eigenvalue weighted by atomic mass is 9.97. The number of hydrogen-bond acceptors (Lipinski definition) is 4. The second-order valence-corrected chi connectivity index (χ2v) is 7.19. The van der Waals surface area contributed by atoms with E-state index in [1.165, 1.54) is 0 Å².